The number of ketones is 1. The van der Waals surface area contributed by atoms with Crippen LogP contribution < -0.4 is 24.6 Å². The SMILES string of the molecule is CCOc1ccc(/C(O)=C2/C(=O)C(=O)N(c3cccc(NC(C)=O)c3)C2c2ccc(N(C)C)cc2)c(OCC)c1. The maximum absolute atomic E-state index is 13.6. The molecule has 1 heterocycles. The highest BCUT2D eigenvalue weighted by Crippen LogP contribution is 2.44. The van der Waals surface area contributed by atoms with E-state index in [1.807, 2.05) is 57.1 Å². The second-order valence-electron chi connectivity index (χ2n) is 9.41. The maximum atomic E-state index is 13.6. The average molecular weight is 544 g/mol. The van der Waals surface area contributed by atoms with Crippen molar-refractivity contribution in [2.24, 2.45) is 0 Å². The van der Waals surface area contributed by atoms with Crippen LogP contribution in [0.1, 0.15) is 37.9 Å². The molecular weight excluding hydrogens is 510 g/mol. The summed E-state index contributed by atoms with van der Waals surface area (Å²) >= 11 is 0. The predicted octanol–water partition coefficient (Wildman–Crippen LogP) is 5.13. The second-order valence-corrected chi connectivity index (χ2v) is 9.41. The molecule has 9 nitrogen and oxygen atoms in total. The first kappa shape index (κ1) is 28.2. The van der Waals surface area contributed by atoms with E-state index in [-0.39, 0.29) is 22.8 Å². The van der Waals surface area contributed by atoms with Gasteiger partial charge in [0.2, 0.25) is 5.91 Å². The van der Waals surface area contributed by atoms with Crippen LogP contribution in [0.4, 0.5) is 17.1 Å². The van der Waals surface area contributed by atoms with E-state index >= 15 is 0 Å². The van der Waals surface area contributed by atoms with Gasteiger partial charge in [0.1, 0.15) is 17.3 Å². The zero-order valence-electron chi connectivity index (χ0n) is 23.2. The Morgan fingerprint density at radius 2 is 1.68 bits per heavy atom. The lowest BCUT2D eigenvalue weighted by Gasteiger charge is -2.26. The van der Waals surface area contributed by atoms with E-state index in [0.29, 0.717) is 41.7 Å². The molecule has 2 amide bonds. The molecule has 1 fully saturated rings. The van der Waals surface area contributed by atoms with Crippen molar-refractivity contribution >= 4 is 40.4 Å². The Morgan fingerprint density at radius 1 is 0.975 bits per heavy atom. The Kier molecular flexibility index (Phi) is 8.43. The molecule has 0 spiro atoms. The van der Waals surface area contributed by atoms with Crippen LogP contribution in [0.2, 0.25) is 0 Å². The number of hydrogen-bond donors (Lipinski definition) is 2. The third-order valence-corrected chi connectivity index (χ3v) is 6.43. The lowest BCUT2D eigenvalue weighted by molar-refractivity contribution is -0.132. The van der Waals surface area contributed by atoms with Crippen molar-refractivity contribution in [1.82, 2.24) is 0 Å². The van der Waals surface area contributed by atoms with Crippen molar-refractivity contribution in [3.05, 3.63) is 83.4 Å². The molecule has 1 unspecified atom stereocenters. The van der Waals surface area contributed by atoms with Crippen LogP contribution in [-0.2, 0) is 14.4 Å². The fourth-order valence-corrected chi connectivity index (χ4v) is 4.68. The molecule has 1 atom stereocenters. The summed E-state index contributed by atoms with van der Waals surface area (Å²) in [6, 6.07) is 18.1. The number of hydrogen-bond acceptors (Lipinski definition) is 7. The maximum Gasteiger partial charge on any atom is 0.300 e. The molecule has 9 heteroatoms. The summed E-state index contributed by atoms with van der Waals surface area (Å²) in [6.45, 7) is 5.82. The molecule has 0 bridgehead atoms. The number of Topliss-reactive ketones (excluding diaryl/α,β-unsaturated/α-hetero) is 1. The summed E-state index contributed by atoms with van der Waals surface area (Å²) in [4.78, 5) is 42.1. The predicted molar refractivity (Wildman–Crippen MR) is 155 cm³/mol. The fraction of sp³-hybridized carbons (Fsp3) is 0.258. The van der Waals surface area contributed by atoms with Crippen molar-refractivity contribution in [3.8, 4) is 11.5 Å². The van der Waals surface area contributed by atoms with Gasteiger partial charge in [-0.05, 0) is 61.9 Å². The molecule has 2 N–H and O–H groups in total. The van der Waals surface area contributed by atoms with Gasteiger partial charge >= 0.3 is 0 Å². The van der Waals surface area contributed by atoms with Crippen molar-refractivity contribution in [2.45, 2.75) is 26.8 Å². The molecule has 1 aliphatic heterocycles. The standard InChI is InChI=1S/C31H33N3O6/c1-6-39-24-15-16-25(26(18-24)40-7-2)29(36)27-28(20-11-13-22(14-12-20)33(4)5)34(31(38)30(27)37)23-10-8-9-21(17-23)32-19(3)35/h8-18,28,36H,6-7H2,1-5H3,(H,32,35)/b29-27-. The molecule has 0 saturated carbocycles. The molecule has 3 aromatic carbocycles. The summed E-state index contributed by atoms with van der Waals surface area (Å²) in [5, 5.41) is 14.4. The molecule has 0 aromatic heterocycles. The van der Waals surface area contributed by atoms with Gasteiger partial charge < -0.3 is 24.8 Å². The van der Waals surface area contributed by atoms with Crippen LogP contribution in [0.5, 0.6) is 11.5 Å². The van der Waals surface area contributed by atoms with Crippen LogP contribution in [0.15, 0.2) is 72.3 Å². The summed E-state index contributed by atoms with van der Waals surface area (Å²) < 4.78 is 11.4. The van der Waals surface area contributed by atoms with Crippen LogP contribution in [0.25, 0.3) is 5.76 Å². The van der Waals surface area contributed by atoms with E-state index in [9.17, 15) is 19.5 Å². The van der Waals surface area contributed by atoms with Crippen LogP contribution >= 0.6 is 0 Å². The van der Waals surface area contributed by atoms with E-state index in [1.54, 1.807) is 42.5 Å². The molecular formula is C31H33N3O6. The van der Waals surface area contributed by atoms with Crippen molar-refractivity contribution in [2.75, 3.05) is 42.4 Å². The molecule has 3 aromatic rings. The van der Waals surface area contributed by atoms with Gasteiger partial charge in [0.05, 0.1) is 30.4 Å². The lowest BCUT2D eigenvalue weighted by Crippen LogP contribution is -2.29. The zero-order chi connectivity index (χ0) is 29.0. The number of nitrogens with zero attached hydrogens (tertiary/aromatic N) is 2. The van der Waals surface area contributed by atoms with Crippen LogP contribution in [0, 0.1) is 0 Å². The minimum absolute atomic E-state index is 0.0716. The second kappa shape index (κ2) is 11.9. The normalized spacial score (nSPS) is 16.1. The van der Waals surface area contributed by atoms with Gasteiger partial charge in [0.25, 0.3) is 11.7 Å². The van der Waals surface area contributed by atoms with E-state index in [1.165, 1.54) is 11.8 Å². The first-order valence-electron chi connectivity index (χ1n) is 13.0. The summed E-state index contributed by atoms with van der Waals surface area (Å²) in [5.74, 6) is -1.38. The Bertz CT molecular complexity index is 1460. The number of aliphatic hydroxyl groups excluding tert-OH is 1. The first-order valence-corrected chi connectivity index (χ1v) is 13.0. The van der Waals surface area contributed by atoms with Gasteiger partial charge in [-0.25, -0.2) is 0 Å². The van der Waals surface area contributed by atoms with Crippen molar-refractivity contribution in [3.63, 3.8) is 0 Å². The number of nitrogens with one attached hydrogen (secondary N) is 1. The van der Waals surface area contributed by atoms with Crippen molar-refractivity contribution in [1.29, 1.82) is 0 Å². The average Bonchev–Trinajstić information content (AvgIpc) is 3.19. The molecule has 0 radical (unpaired) electrons. The Hall–Kier alpha value is -4.79. The molecule has 208 valence electrons. The molecule has 1 saturated heterocycles. The number of aliphatic hydroxyl groups is 1. The fourth-order valence-electron chi connectivity index (χ4n) is 4.68. The monoisotopic (exact) mass is 543 g/mol. The highest BCUT2D eigenvalue weighted by molar-refractivity contribution is 6.51. The highest BCUT2D eigenvalue weighted by Gasteiger charge is 2.47. The number of benzene rings is 3. The number of carbonyl (C=O) groups is 3. The smallest absolute Gasteiger partial charge is 0.300 e. The van der Waals surface area contributed by atoms with E-state index < -0.39 is 17.7 Å². The molecule has 1 aliphatic rings. The number of ether oxygens (including phenoxy) is 2. The number of amides is 2. The lowest BCUT2D eigenvalue weighted by atomic mass is 9.94. The summed E-state index contributed by atoms with van der Waals surface area (Å²) in [6.07, 6.45) is 0. The van der Waals surface area contributed by atoms with E-state index in [4.69, 9.17) is 9.47 Å². The largest absolute Gasteiger partial charge is 0.507 e. The third kappa shape index (κ3) is 5.63. The quantitative estimate of drug-likeness (QED) is 0.219. The van der Waals surface area contributed by atoms with Crippen LogP contribution in [-0.4, -0.2) is 50.0 Å². The molecule has 0 aliphatic carbocycles. The number of anilines is 3. The van der Waals surface area contributed by atoms with Gasteiger partial charge in [-0.1, -0.05) is 18.2 Å². The molecule has 4 rings (SSSR count). The van der Waals surface area contributed by atoms with Gasteiger partial charge in [-0.3, -0.25) is 19.3 Å². The van der Waals surface area contributed by atoms with E-state index in [2.05, 4.69) is 5.32 Å². The minimum Gasteiger partial charge on any atom is -0.507 e. The Morgan fingerprint density at radius 3 is 2.30 bits per heavy atom. The highest BCUT2D eigenvalue weighted by atomic mass is 16.5. The summed E-state index contributed by atoms with van der Waals surface area (Å²) in [5.41, 5.74) is 2.62. The van der Waals surface area contributed by atoms with Crippen LogP contribution in [0.3, 0.4) is 0 Å². The zero-order valence-corrected chi connectivity index (χ0v) is 23.2. The van der Waals surface area contributed by atoms with Gasteiger partial charge in [0, 0.05) is 44.1 Å². The number of rotatable bonds is 9. The van der Waals surface area contributed by atoms with Gasteiger partial charge in [0.15, 0.2) is 0 Å². The van der Waals surface area contributed by atoms with Gasteiger partial charge in [-0.15, -0.1) is 0 Å². The van der Waals surface area contributed by atoms with E-state index in [0.717, 1.165) is 5.69 Å². The third-order valence-electron chi connectivity index (χ3n) is 6.43. The Balaban J connectivity index is 1.93. The molecule has 40 heavy (non-hydrogen) atoms. The minimum atomic E-state index is -0.940. The number of carbonyl (C=O) groups excluding carboxylic acids is 3. The van der Waals surface area contributed by atoms with Gasteiger partial charge in [-0.2, -0.15) is 0 Å². The summed E-state index contributed by atoms with van der Waals surface area (Å²) in [7, 11) is 3.82. The van der Waals surface area contributed by atoms with Crippen molar-refractivity contribution < 1.29 is 29.0 Å². The first-order chi connectivity index (χ1) is 19.2. The topological polar surface area (TPSA) is 108 Å². The Labute approximate surface area is 233 Å².